The molecule has 0 spiro atoms. The number of nitrogens with zero attached hydrogens (tertiary/aromatic N) is 4. The van der Waals surface area contributed by atoms with Crippen LogP contribution in [0.3, 0.4) is 0 Å². The van der Waals surface area contributed by atoms with Gasteiger partial charge in [-0.1, -0.05) is 12.1 Å². The van der Waals surface area contributed by atoms with Gasteiger partial charge in [0.2, 0.25) is 0 Å². The van der Waals surface area contributed by atoms with Crippen LogP contribution in [0.4, 0.5) is 4.39 Å². The summed E-state index contributed by atoms with van der Waals surface area (Å²) in [5.74, 6) is 2.53. The Balaban J connectivity index is 0.00000243. The first-order chi connectivity index (χ1) is 12.3. The highest BCUT2D eigenvalue weighted by molar-refractivity contribution is 14.0. The summed E-state index contributed by atoms with van der Waals surface area (Å²) in [7, 11) is 0. The number of fused-ring (bicyclic) bond motifs is 1. The van der Waals surface area contributed by atoms with Crippen LogP contribution in [0.15, 0.2) is 29.3 Å². The number of aliphatic imine (C=N–C) groups is 1. The zero-order valence-electron chi connectivity index (χ0n) is 15.0. The van der Waals surface area contributed by atoms with Crippen molar-refractivity contribution < 1.29 is 4.39 Å². The molecule has 2 heterocycles. The van der Waals surface area contributed by atoms with E-state index in [1.54, 1.807) is 12.1 Å². The summed E-state index contributed by atoms with van der Waals surface area (Å²) in [5.41, 5.74) is 0.967. The molecule has 1 aliphatic rings. The van der Waals surface area contributed by atoms with Gasteiger partial charge in [0, 0.05) is 26.1 Å². The van der Waals surface area contributed by atoms with Crippen molar-refractivity contribution in [1.29, 1.82) is 0 Å². The molecule has 0 amide bonds. The number of hydrogen-bond donors (Lipinski definition) is 2. The molecule has 2 N–H and O–H groups in total. The molecule has 8 heteroatoms. The summed E-state index contributed by atoms with van der Waals surface area (Å²) in [6.07, 6.45) is 4.10. The van der Waals surface area contributed by atoms with Crippen molar-refractivity contribution in [1.82, 2.24) is 25.4 Å². The Morgan fingerprint density at radius 3 is 2.96 bits per heavy atom. The maximum Gasteiger partial charge on any atom is 0.191 e. The van der Waals surface area contributed by atoms with Crippen LogP contribution in [0.2, 0.25) is 0 Å². The highest BCUT2D eigenvalue weighted by Crippen LogP contribution is 2.14. The molecule has 0 aliphatic carbocycles. The standard InChI is InChI=1S/C18H25FN6.HI/c1-2-20-18(21-10-9-14-6-5-7-15(19)12-14)22-13-17-24-23-16-8-3-4-11-25(16)17;/h5-7,12H,2-4,8-11,13H2,1H3,(H2,20,21,22);1H. The fourth-order valence-electron chi connectivity index (χ4n) is 2.99. The lowest BCUT2D eigenvalue weighted by molar-refractivity contribution is 0.508. The van der Waals surface area contributed by atoms with Crippen LogP contribution in [-0.2, 0) is 25.9 Å². The largest absolute Gasteiger partial charge is 0.357 e. The van der Waals surface area contributed by atoms with Crippen molar-refractivity contribution in [2.75, 3.05) is 13.1 Å². The lowest BCUT2D eigenvalue weighted by atomic mass is 10.1. The Kier molecular flexibility index (Phi) is 8.27. The average Bonchev–Trinajstić information content (AvgIpc) is 3.03. The van der Waals surface area contributed by atoms with Crippen molar-refractivity contribution >= 4 is 29.9 Å². The summed E-state index contributed by atoms with van der Waals surface area (Å²) < 4.78 is 15.4. The molecule has 0 bridgehead atoms. The van der Waals surface area contributed by atoms with Gasteiger partial charge < -0.3 is 15.2 Å². The van der Waals surface area contributed by atoms with Gasteiger partial charge in [-0.2, -0.15) is 0 Å². The summed E-state index contributed by atoms with van der Waals surface area (Å²) in [5, 5.41) is 15.1. The minimum absolute atomic E-state index is 0. The third-order valence-corrected chi connectivity index (χ3v) is 4.25. The van der Waals surface area contributed by atoms with E-state index in [0.29, 0.717) is 13.1 Å². The highest BCUT2D eigenvalue weighted by atomic mass is 127. The molecule has 0 saturated carbocycles. The van der Waals surface area contributed by atoms with Gasteiger partial charge in [0.25, 0.3) is 0 Å². The minimum atomic E-state index is -0.199. The van der Waals surface area contributed by atoms with Gasteiger partial charge in [-0.05, 0) is 43.9 Å². The van der Waals surface area contributed by atoms with E-state index in [-0.39, 0.29) is 29.8 Å². The van der Waals surface area contributed by atoms with Crippen molar-refractivity contribution in [3.8, 4) is 0 Å². The maximum atomic E-state index is 13.2. The molecular weight excluding hydrogens is 446 g/mol. The van der Waals surface area contributed by atoms with Gasteiger partial charge in [0.15, 0.2) is 11.8 Å². The van der Waals surface area contributed by atoms with Crippen molar-refractivity contribution in [2.24, 2.45) is 4.99 Å². The topological polar surface area (TPSA) is 67.1 Å². The highest BCUT2D eigenvalue weighted by Gasteiger charge is 2.15. The van der Waals surface area contributed by atoms with E-state index in [9.17, 15) is 4.39 Å². The molecule has 0 atom stereocenters. The van der Waals surface area contributed by atoms with Crippen LogP contribution < -0.4 is 10.6 Å². The second-order valence-electron chi connectivity index (χ2n) is 6.14. The second-order valence-corrected chi connectivity index (χ2v) is 6.14. The molecule has 1 aromatic heterocycles. The summed E-state index contributed by atoms with van der Waals surface area (Å²) in [6, 6.07) is 6.69. The van der Waals surface area contributed by atoms with Crippen LogP contribution in [-0.4, -0.2) is 33.8 Å². The van der Waals surface area contributed by atoms with Gasteiger partial charge in [-0.25, -0.2) is 9.38 Å². The summed E-state index contributed by atoms with van der Waals surface area (Å²) in [6.45, 7) is 4.98. The first-order valence-electron chi connectivity index (χ1n) is 8.94. The third kappa shape index (κ3) is 5.65. The van der Waals surface area contributed by atoms with E-state index in [0.717, 1.165) is 49.1 Å². The number of halogens is 2. The Bertz CT molecular complexity index is 730. The van der Waals surface area contributed by atoms with E-state index in [1.807, 2.05) is 13.0 Å². The van der Waals surface area contributed by atoms with Crippen molar-refractivity contribution in [3.63, 3.8) is 0 Å². The van der Waals surface area contributed by atoms with Gasteiger partial charge in [0.1, 0.15) is 18.2 Å². The van der Waals surface area contributed by atoms with Crippen molar-refractivity contribution in [2.45, 2.75) is 45.7 Å². The second kappa shape index (κ2) is 10.4. The van der Waals surface area contributed by atoms with E-state index in [2.05, 4.69) is 30.4 Å². The molecule has 0 saturated heterocycles. The Hall–Kier alpha value is -1.71. The molecule has 2 aromatic rings. The monoisotopic (exact) mass is 472 g/mol. The quantitative estimate of drug-likeness (QED) is 0.386. The fourth-order valence-corrected chi connectivity index (χ4v) is 2.99. The number of nitrogens with one attached hydrogen (secondary N) is 2. The van der Waals surface area contributed by atoms with Crippen LogP contribution in [0.1, 0.15) is 37.0 Å². The molecule has 0 radical (unpaired) electrons. The molecule has 142 valence electrons. The van der Waals surface area contributed by atoms with Gasteiger partial charge >= 0.3 is 0 Å². The number of hydrogen-bond acceptors (Lipinski definition) is 3. The Morgan fingerprint density at radius 2 is 2.15 bits per heavy atom. The van der Waals surface area contributed by atoms with Gasteiger partial charge in [0.05, 0.1) is 0 Å². The van der Waals surface area contributed by atoms with Gasteiger partial charge in [-0.3, -0.25) is 0 Å². The fraction of sp³-hybridized carbons (Fsp3) is 0.500. The van der Waals surface area contributed by atoms with E-state index >= 15 is 0 Å². The molecule has 0 fully saturated rings. The lowest BCUT2D eigenvalue weighted by Crippen LogP contribution is -2.38. The SMILES string of the molecule is CCNC(=NCc1nnc2n1CCCC2)NCCc1cccc(F)c1.I. The summed E-state index contributed by atoms with van der Waals surface area (Å²) >= 11 is 0. The maximum absolute atomic E-state index is 13.2. The zero-order chi connectivity index (χ0) is 17.5. The Morgan fingerprint density at radius 1 is 1.27 bits per heavy atom. The molecule has 6 nitrogen and oxygen atoms in total. The molecule has 1 aromatic carbocycles. The molecular formula is C18H26FIN6. The smallest absolute Gasteiger partial charge is 0.191 e. The first-order valence-corrected chi connectivity index (χ1v) is 8.94. The first kappa shape index (κ1) is 20.6. The lowest BCUT2D eigenvalue weighted by Gasteiger charge is -2.14. The average molecular weight is 472 g/mol. The predicted octanol–water partition coefficient (Wildman–Crippen LogP) is 2.67. The molecule has 1 aliphatic heterocycles. The number of benzene rings is 1. The Labute approximate surface area is 170 Å². The zero-order valence-corrected chi connectivity index (χ0v) is 17.4. The van der Waals surface area contributed by atoms with Crippen LogP contribution in [0.25, 0.3) is 0 Å². The van der Waals surface area contributed by atoms with E-state index in [1.165, 1.54) is 18.9 Å². The number of rotatable bonds is 6. The minimum Gasteiger partial charge on any atom is -0.357 e. The number of aryl methyl sites for hydroxylation is 1. The number of guanidine groups is 1. The molecule has 3 rings (SSSR count). The van der Waals surface area contributed by atoms with Crippen LogP contribution in [0.5, 0.6) is 0 Å². The normalized spacial score (nSPS) is 13.7. The molecule has 26 heavy (non-hydrogen) atoms. The van der Waals surface area contributed by atoms with E-state index < -0.39 is 0 Å². The molecule has 0 unspecified atom stereocenters. The predicted molar refractivity (Wildman–Crippen MR) is 111 cm³/mol. The van der Waals surface area contributed by atoms with Crippen molar-refractivity contribution in [3.05, 3.63) is 47.3 Å². The summed E-state index contributed by atoms with van der Waals surface area (Å²) in [4.78, 5) is 4.61. The van der Waals surface area contributed by atoms with Gasteiger partial charge in [-0.15, -0.1) is 34.2 Å². The van der Waals surface area contributed by atoms with Crippen LogP contribution in [0, 0.1) is 5.82 Å². The van der Waals surface area contributed by atoms with E-state index in [4.69, 9.17) is 0 Å². The third-order valence-electron chi connectivity index (χ3n) is 4.25. The van der Waals surface area contributed by atoms with Crippen LogP contribution >= 0.6 is 24.0 Å². The number of aromatic nitrogens is 3.